The van der Waals surface area contributed by atoms with Crippen LogP contribution in [-0.4, -0.2) is 6.04 Å². The first-order valence-corrected chi connectivity index (χ1v) is 8.65. The molecule has 0 heterocycles. The summed E-state index contributed by atoms with van der Waals surface area (Å²) in [5.41, 5.74) is 0.777. The van der Waals surface area contributed by atoms with E-state index in [1.54, 1.807) is 0 Å². The third-order valence-electron chi connectivity index (χ3n) is 4.63. The van der Waals surface area contributed by atoms with E-state index in [1.165, 1.54) is 50.7 Å². The van der Waals surface area contributed by atoms with Crippen molar-refractivity contribution in [2.75, 3.05) is 0 Å². The maximum absolute atomic E-state index is 13.6. The van der Waals surface area contributed by atoms with Crippen LogP contribution in [0.25, 0.3) is 0 Å². The average molecular weight is 332 g/mol. The van der Waals surface area contributed by atoms with E-state index in [2.05, 4.69) is 12.2 Å². The molecule has 21 heavy (non-hydrogen) atoms. The van der Waals surface area contributed by atoms with Gasteiger partial charge in [0.25, 0.3) is 0 Å². The highest BCUT2D eigenvalue weighted by Gasteiger charge is 2.22. The van der Waals surface area contributed by atoms with Gasteiger partial charge >= 0.3 is 0 Å². The Labute approximate surface area is 137 Å². The molecule has 4 heteroatoms. The molecular weight excluding hydrogens is 308 g/mol. The Morgan fingerprint density at radius 1 is 1.05 bits per heavy atom. The summed E-state index contributed by atoms with van der Waals surface area (Å²) < 4.78 is 13.6. The zero-order valence-electron chi connectivity index (χ0n) is 12.8. The zero-order valence-corrected chi connectivity index (χ0v) is 14.3. The first-order valence-electron chi connectivity index (χ1n) is 7.89. The van der Waals surface area contributed by atoms with Crippen molar-refractivity contribution in [1.82, 2.24) is 5.32 Å². The molecule has 0 saturated heterocycles. The Morgan fingerprint density at radius 2 is 1.67 bits per heavy atom. The lowest BCUT2D eigenvalue weighted by Crippen LogP contribution is -2.35. The van der Waals surface area contributed by atoms with Crippen LogP contribution in [-0.2, 0) is 0 Å². The van der Waals surface area contributed by atoms with E-state index in [1.807, 2.05) is 6.92 Å². The van der Waals surface area contributed by atoms with Gasteiger partial charge in [0.15, 0.2) is 0 Å². The van der Waals surface area contributed by atoms with Crippen LogP contribution in [0.1, 0.15) is 64.0 Å². The van der Waals surface area contributed by atoms with E-state index < -0.39 is 5.82 Å². The molecule has 2 rings (SSSR count). The van der Waals surface area contributed by atoms with Crippen LogP contribution < -0.4 is 5.32 Å². The number of halogens is 3. The van der Waals surface area contributed by atoms with Crippen molar-refractivity contribution in [1.29, 1.82) is 0 Å². The number of rotatable bonds is 4. The molecule has 1 aliphatic rings. The van der Waals surface area contributed by atoms with Gasteiger partial charge in [-0.2, -0.15) is 0 Å². The van der Waals surface area contributed by atoms with Gasteiger partial charge in [-0.1, -0.05) is 48.9 Å². The van der Waals surface area contributed by atoms with E-state index >= 15 is 0 Å². The number of hydrogen-bond donors (Lipinski definition) is 1. The van der Waals surface area contributed by atoms with E-state index in [4.69, 9.17) is 23.2 Å². The maximum Gasteiger partial charge on any atom is 0.142 e. The van der Waals surface area contributed by atoms with E-state index in [0.29, 0.717) is 17.0 Å². The van der Waals surface area contributed by atoms with Gasteiger partial charge in [0.05, 0.1) is 5.02 Å². The monoisotopic (exact) mass is 331 g/mol. The Balaban J connectivity index is 2.03. The van der Waals surface area contributed by atoms with Crippen LogP contribution in [0.5, 0.6) is 0 Å². The molecule has 0 amide bonds. The van der Waals surface area contributed by atoms with Gasteiger partial charge in [-0.3, -0.25) is 0 Å². The molecule has 1 aromatic carbocycles. The molecule has 0 bridgehead atoms. The molecule has 2 atom stereocenters. The summed E-state index contributed by atoms with van der Waals surface area (Å²) in [7, 11) is 0. The van der Waals surface area contributed by atoms with Crippen LogP contribution in [0.15, 0.2) is 12.1 Å². The van der Waals surface area contributed by atoms with E-state index in [-0.39, 0.29) is 11.1 Å². The third kappa shape index (κ3) is 4.58. The minimum Gasteiger partial charge on any atom is -0.307 e. The molecule has 0 spiro atoms. The first kappa shape index (κ1) is 17.1. The zero-order chi connectivity index (χ0) is 15.4. The molecule has 1 saturated carbocycles. The van der Waals surface area contributed by atoms with E-state index in [0.717, 1.165) is 5.56 Å². The van der Waals surface area contributed by atoms with Crippen molar-refractivity contribution in [3.63, 3.8) is 0 Å². The number of hydrogen-bond acceptors (Lipinski definition) is 1. The first-order chi connectivity index (χ1) is 9.99. The fourth-order valence-electron chi connectivity index (χ4n) is 3.30. The van der Waals surface area contributed by atoms with Crippen LogP contribution in [0.4, 0.5) is 4.39 Å². The van der Waals surface area contributed by atoms with Crippen molar-refractivity contribution in [3.05, 3.63) is 33.6 Å². The minimum absolute atomic E-state index is 0.0162. The van der Waals surface area contributed by atoms with Crippen molar-refractivity contribution in [2.45, 2.75) is 64.5 Å². The summed E-state index contributed by atoms with van der Waals surface area (Å²) in [6.45, 7) is 4.26. The summed E-state index contributed by atoms with van der Waals surface area (Å²) in [5, 5.41) is 4.19. The average Bonchev–Trinajstić information content (AvgIpc) is 2.71. The molecular formula is C17H24Cl2FN. The molecule has 0 radical (unpaired) electrons. The summed E-state index contributed by atoms with van der Waals surface area (Å²) in [5.74, 6) is 0.290. The summed E-state index contributed by atoms with van der Waals surface area (Å²) >= 11 is 12.0. The largest absolute Gasteiger partial charge is 0.307 e. The third-order valence-corrected chi connectivity index (χ3v) is 5.24. The van der Waals surface area contributed by atoms with Gasteiger partial charge in [0.1, 0.15) is 5.82 Å². The minimum atomic E-state index is -0.410. The van der Waals surface area contributed by atoms with Crippen LogP contribution in [0.3, 0.4) is 0 Å². The Hall–Kier alpha value is -0.310. The van der Waals surface area contributed by atoms with Gasteiger partial charge in [0, 0.05) is 17.1 Å². The predicted octanol–water partition coefficient (Wildman–Crippen LogP) is 6.14. The van der Waals surface area contributed by atoms with Crippen molar-refractivity contribution < 1.29 is 4.39 Å². The fraction of sp³-hybridized carbons (Fsp3) is 0.647. The Kier molecular flexibility index (Phi) is 6.34. The van der Waals surface area contributed by atoms with Crippen molar-refractivity contribution in [2.24, 2.45) is 5.92 Å². The van der Waals surface area contributed by atoms with Gasteiger partial charge in [-0.15, -0.1) is 0 Å². The Morgan fingerprint density at radius 3 is 2.29 bits per heavy atom. The van der Waals surface area contributed by atoms with Crippen LogP contribution >= 0.6 is 23.2 Å². The normalized spacial score (nSPS) is 20.0. The molecule has 0 aromatic heterocycles. The molecule has 1 N–H and O–H groups in total. The lowest BCUT2D eigenvalue weighted by molar-refractivity contribution is 0.316. The highest BCUT2D eigenvalue weighted by molar-refractivity contribution is 6.35. The lowest BCUT2D eigenvalue weighted by atomic mass is 9.92. The number of nitrogens with one attached hydrogen (secondary N) is 1. The second-order valence-corrected chi connectivity index (χ2v) is 7.03. The fourth-order valence-corrected chi connectivity index (χ4v) is 3.85. The molecule has 118 valence electrons. The second kappa shape index (κ2) is 7.80. The topological polar surface area (TPSA) is 12.0 Å². The molecule has 1 aliphatic carbocycles. The lowest BCUT2D eigenvalue weighted by Gasteiger charge is -2.28. The molecule has 1 nitrogen and oxygen atoms in total. The van der Waals surface area contributed by atoms with Gasteiger partial charge in [-0.05, 0) is 50.3 Å². The highest BCUT2D eigenvalue weighted by atomic mass is 35.5. The summed E-state index contributed by atoms with van der Waals surface area (Å²) in [6, 6.07) is 3.36. The van der Waals surface area contributed by atoms with Crippen LogP contribution in [0.2, 0.25) is 10.0 Å². The smallest absolute Gasteiger partial charge is 0.142 e. The maximum atomic E-state index is 13.6. The summed E-state index contributed by atoms with van der Waals surface area (Å²) in [4.78, 5) is 0. The molecule has 1 aromatic rings. The van der Waals surface area contributed by atoms with Gasteiger partial charge < -0.3 is 5.32 Å². The SMILES string of the molecule is CC(N[C@H](C)C1CCCCCC1)c1cc(F)c(Cl)cc1Cl. The van der Waals surface area contributed by atoms with Gasteiger partial charge in [-0.25, -0.2) is 4.39 Å². The molecule has 0 aliphatic heterocycles. The van der Waals surface area contributed by atoms with Crippen molar-refractivity contribution >= 4 is 23.2 Å². The van der Waals surface area contributed by atoms with Crippen molar-refractivity contribution in [3.8, 4) is 0 Å². The predicted molar refractivity (Wildman–Crippen MR) is 88.6 cm³/mol. The van der Waals surface area contributed by atoms with E-state index in [9.17, 15) is 4.39 Å². The standard InChI is InChI=1S/C17H24Cl2FN/c1-11(13-7-5-3-4-6-8-13)21-12(2)14-9-17(20)16(19)10-15(14)18/h9-13,21H,3-8H2,1-2H3/t11-,12?/m1/s1. The highest BCUT2D eigenvalue weighted by Crippen LogP contribution is 2.31. The second-order valence-electron chi connectivity index (χ2n) is 6.22. The quantitative estimate of drug-likeness (QED) is 0.516. The summed E-state index contributed by atoms with van der Waals surface area (Å²) in [6.07, 6.45) is 7.91. The molecule has 1 unspecified atom stereocenters. The molecule has 1 fully saturated rings. The Bertz CT molecular complexity index is 470. The van der Waals surface area contributed by atoms with Crippen LogP contribution in [0, 0.1) is 11.7 Å². The van der Waals surface area contributed by atoms with Gasteiger partial charge in [0.2, 0.25) is 0 Å². The number of benzene rings is 1.